The third kappa shape index (κ3) is 3.48. The van der Waals surface area contributed by atoms with Gasteiger partial charge in [0.15, 0.2) is 0 Å². The zero-order chi connectivity index (χ0) is 24.0. The number of ether oxygens (including phenoxy) is 2. The monoisotopic (exact) mass is 534 g/mol. The van der Waals surface area contributed by atoms with Crippen LogP contribution in [-0.4, -0.2) is 45.2 Å². The molecular formula is C23H23BrN2O6S. The van der Waals surface area contributed by atoms with Crippen molar-refractivity contribution in [3.8, 4) is 0 Å². The highest BCUT2D eigenvalue weighted by molar-refractivity contribution is 9.10. The lowest BCUT2D eigenvalue weighted by Crippen LogP contribution is -2.58. The van der Waals surface area contributed by atoms with Crippen LogP contribution in [0.15, 0.2) is 70.1 Å². The standard InChI is InChI=1S/C23H23BrN2O6S/c1-4-31-21(27)23(22(28)32-5-2)14(3)20-19(25-23)17-8-6-7-9-18(17)26(20)33(29,30)16-12-10-15(24)11-13-16/h6-13,19-20,25H,3-5H2,1-2H3/t19-,20-/m0/s1. The van der Waals surface area contributed by atoms with E-state index in [1.807, 2.05) is 0 Å². The van der Waals surface area contributed by atoms with Crippen molar-refractivity contribution in [2.24, 2.45) is 0 Å². The van der Waals surface area contributed by atoms with E-state index in [-0.39, 0.29) is 23.7 Å². The Morgan fingerprint density at radius 2 is 1.64 bits per heavy atom. The van der Waals surface area contributed by atoms with Crippen LogP contribution in [0.3, 0.4) is 0 Å². The lowest BCUT2D eigenvalue weighted by molar-refractivity contribution is -0.163. The fraction of sp³-hybridized carbons (Fsp3) is 0.304. The fourth-order valence-corrected chi connectivity index (χ4v) is 6.34. The lowest BCUT2D eigenvalue weighted by atomic mass is 9.90. The molecule has 2 atom stereocenters. The highest BCUT2D eigenvalue weighted by Crippen LogP contribution is 2.52. The summed E-state index contributed by atoms with van der Waals surface area (Å²) >= 11 is 3.32. The molecule has 1 N–H and O–H groups in total. The molecule has 4 rings (SSSR count). The minimum absolute atomic E-state index is 0.0295. The second-order valence-electron chi connectivity index (χ2n) is 7.60. The van der Waals surface area contributed by atoms with Gasteiger partial charge in [-0.3, -0.25) is 9.62 Å². The molecular weight excluding hydrogens is 512 g/mol. The van der Waals surface area contributed by atoms with E-state index >= 15 is 0 Å². The highest BCUT2D eigenvalue weighted by Gasteiger charge is 2.65. The van der Waals surface area contributed by atoms with Gasteiger partial charge in [0.05, 0.1) is 35.9 Å². The van der Waals surface area contributed by atoms with Gasteiger partial charge in [-0.1, -0.05) is 40.7 Å². The van der Waals surface area contributed by atoms with Gasteiger partial charge in [-0.25, -0.2) is 18.0 Å². The molecule has 2 aromatic carbocycles. The number of carbonyl (C=O) groups is 2. The van der Waals surface area contributed by atoms with Gasteiger partial charge in [0.25, 0.3) is 10.0 Å². The van der Waals surface area contributed by atoms with Crippen molar-refractivity contribution in [1.82, 2.24) is 5.32 Å². The van der Waals surface area contributed by atoms with Crippen LogP contribution < -0.4 is 9.62 Å². The Morgan fingerprint density at radius 1 is 1.06 bits per heavy atom. The van der Waals surface area contributed by atoms with E-state index in [4.69, 9.17) is 9.47 Å². The van der Waals surface area contributed by atoms with Gasteiger partial charge in [-0.2, -0.15) is 0 Å². The zero-order valence-electron chi connectivity index (χ0n) is 18.1. The third-order valence-electron chi connectivity index (χ3n) is 5.82. The molecule has 0 saturated carbocycles. The Labute approximate surface area is 200 Å². The number of sulfonamides is 1. The van der Waals surface area contributed by atoms with E-state index in [0.717, 1.165) is 4.47 Å². The topological polar surface area (TPSA) is 102 Å². The largest absolute Gasteiger partial charge is 0.464 e. The number of fused-ring (bicyclic) bond motifs is 3. The fourth-order valence-electron chi connectivity index (χ4n) is 4.39. The van der Waals surface area contributed by atoms with Gasteiger partial charge in [0.1, 0.15) is 0 Å². The minimum atomic E-state index is -4.07. The third-order valence-corrected chi connectivity index (χ3v) is 8.16. The van der Waals surface area contributed by atoms with Gasteiger partial charge in [-0.05, 0) is 55.3 Å². The molecule has 2 heterocycles. The first-order valence-electron chi connectivity index (χ1n) is 10.4. The van der Waals surface area contributed by atoms with E-state index in [1.165, 1.54) is 16.4 Å². The molecule has 8 nitrogen and oxygen atoms in total. The number of hydrogen-bond donors (Lipinski definition) is 1. The van der Waals surface area contributed by atoms with Crippen LogP contribution >= 0.6 is 15.9 Å². The van der Waals surface area contributed by atoms with Gasteiger partial charge >= 0.3 is 11.9 Å². The van der Waals surface area contributed by atoms with E-state index in [1.54, 1.807) is 50.2 Å². The number of hydrogen-bond acceptors (Lipinski definition) is 7. The summed E-state index contributed by atoms with van der Waals surface area (Å²) in [6.07, 6.45) is 0. The summed E-state index contributed by atoms with van der Waals surface area (Å²) in [6.45, 7) is 7.33. The Morgan fingerprint density at radius 3 is 2.21 bits per heavy atom. The number of esters is 2. The number of nitrogens with zero attached hydrogens (tertiary/aromatic N) is 1. The number of benzene rings is 2. The van der Waals surface area contributed by atoms with Crippen LogP contribution in [0.1, 0.15) is 25.5 Å². The van der Waals surface area contributed by atoms with E-state index in [9.17, 15) is 18.0 Å². The van der Waals surface area contributed by atoms with E-state index < -0.39 is 39.6 Å². The van der Waals surface area contributed by atoms with Crippen LogP contribution in [0.5, 0.6) is 0 Å². The SMILES string of the molecule is C=C1[C@H]2[C@@H](NC1(C(=O)OCC)C(=O)OCC)c1ccccc1N2S(=O)(=O)c1ccc(Br)cc1. The molecule has 0 amide bonds. The molecule has 2 aliphatic heterocycles. The number of anilines is 1. The molecule has 0 spiro atoms. The molecule has 10 heteroatoms. The first-order valence-corrected chi connectivity index (χ1v) is 12.6. The maximum atomic E-state index is 13.8. The molecule has 1 saturated heterocycles. The quantitative estimate of drug-likeness (QED) is 0.345. The summed E-state index contributed by atoms with van der Waals surface area (Å²) in [6, 6.07) is 11.6. The first kappa shape index (κ1) is 23.5. The van der Waals surface area contributed by atoms with Crippen molar-refractivity contribution in [3.63, 3.8) is 0 Å². The van der Waals surface area contributed by atoms with Crippen LogP contribution in [-0.2, 0) is 29.1 Å². The number of para-hydroxylation sites is 1. The molecule has 33 heavy (non-hydrogen) atoms. The van der Waals surface area contributed by atoms with Crippen LogP contribution in [0, 0.1) is 0 Å². The van der Waals surface area contributed by atoms with E-state index in [0.29, 0.717) is 11.3 Å². The van der Waals surface area contributed by atoms with Crippen molar-refractivity contribution in [1.29, 1.82) is 0 Å². The molecule has 0 bridgehead atoms. The van der Waals surface area contributed by atoms with Gasteiger partial charge in [0, 0.05) is 4.47 Å². The summed E-state index contributed by atoms with van der Waals surface area (Å²) < 4.78 is 40.0. The maximum absolute atomic E-state index is 13.8. The predicted octanol–water partition coefficient (Wildman–Crippen LogP) is 3.09. The van der Waals surface area contributed by atoms with Crippen molar-refractivity contribution in [2.75, 3.05) is 17.5 Å². The summed E-state index contributed by atoms with van der Waals surface area (Å²) in [5.41, 5.74) is -0.894. The normalized spacial score (nSPS) is 20.8. The maximum Gasteiger partial charge on any atom is 0.342 e. The Balaban J connectivity index is 1.89. The number of carbonyl (C=O) groups excluding carboxylic acids is 2. The molecule has 0 aliphatic carbocycles. The van der Waals surface area contributed by atoms with E-state index in [2.05, 4.69) is 27.8 Å². The molecule has 1 fully saturated rings. The number of halogens is 1. The number of nitrogens with one attached hydrogen (secondary N) is 1. The molecule has 2 aromatic rings. The highest BCUT2D eigenvalue weighted by atomic mass is 79.9. The lowest BCUT2D eigenvalue weighted by Gasteiger charge is -2.31. The van der Waals surface area contributed by atoms with Crippen molar-refractivity contribution < 1.29 is 27.5 Å². The summed E-state index contributed by atoms with van der Waals surface area (Å²) in [5, 5.41) is 3.04. The first-order chi connectivity index (χ1) is 15.7. The summed E-state index contributed by atoms with van der Waals surface area (Å²) in [7, 11) is -4.07. The van der Waals surface area contributed by atoms with Crippen LogP contribution in [0.2, 0.25) is 0 Å². The number of rotatable bonds is 6. The van der Waals surface area contributed by atoms with Crippen LogP contribution in [0.4, 0.5) is 5.69 Å². The van der Waals surface area contributed by atoms with Crippen LogP contribution in [0.25, 0.3) is 0 Å². The second-order valence-corrected chi connectivity index (χ2v) is 10.3. The Kier molecular flexibility index (Phi) is 6.10. The molecule has 2 aliphatic rings. The smallest absolute Gasteiger partial charge is 0.342 e. The molecule has 0 aromatic heterocycles. The molecule has 0 unspecified atom stereocenters. The predicted molar refractivity (Wildman–Crippen MR) is 125 cm³/mol. The Hall–Kier alpha value is -2.69. The zero-order valence-corrected chi connectivity index (χ0v) is 20.5. The van der Waals surface area contributed by atoms with Crippen molar-refractivity contribution in [2.45, 2.75) is 36.4 Å². The second kappa shape index (κ2) is 8.58. The summed E-state index contributed by atoms with van der Waals surface area (Å²) in [4.78, 5) is 26.2. The van der Waals surface area contributed by atoms with Gasteiger partial charge in [-0.15, -0.1) is 0 Å². The van der Waals surface area contributed by atoms with Gasteiger partial charge < -0.3 is 9.47 Å². The Bertz CT molecular complexity index is 1210. The molecule has 174 valence electrons. The average molecular weight is 535 g/mol. The van der Waals surface area contributed by atoms with Gasteiger partial charge in [0.2, 0.25) is 5.54 Å². The van der Waals surface area contributed by atoms with Crippen molar-refractivity contribution in [3.05, 3.63) is 70.7 Å². The minimum Gasteiger partial charge on any atom is -0.464 e. The summed E-state index contributed by atoms with van der Waals surface area (Å²) in [5.74, 6) is -1.75. The van der Waals surface area contributed by atoms with Crippen molar-refractivity contribution >= 4 is 43.6 Å². The average Bonchev–Trinajstić information content (AvgIpc) is 3.27. The molecule has 0 radical (unpaired) electrons.